The van der Waals surface area contributed by atoms with Gasteiger partial charge in [0.1, 0.15) is 0 Å². The Bertz CT molecular complexity index is 269. The molecule has 1 rings (SSSR count). The molecule has 0 aliphatic rings. The van der Waals surface area contributed by atoms with Crippen molar-refractivity contribution < 1.29 is 0 Å². The van der Waals surface area contributed by atoms with Crippen LogP contribution < -0.4 is 5.12 Å². The first-order chi connectivity index (χ1) is 6.77. The number of aryl methyl sites for hydroxylation is 1. The van der Waals surface area contributed by atoms with E-state index in [1.54, 1.807) is 0 Å². The molecule has 1 aromatic rings. The first-order valence-corrected chi connectivity index (χ1v) is 4.58. The minimum absolute atomic E-state index is 0.866. The van der Waals surface area contributed by atoms with Crippen LogP contribution in [0.5, 0.6) is 0 Å². The van der Waals surface area contributed by atoms with Crippen LogP contribution in [0.4, 0.5) is 5.69 Å². The third-order valence-electron chi connectivity index (χ3n) is 1.53. The van der Waals surface area contributed by atoms with E-state index in [0.717, 1.165) is 5.69 Å². The van der Waals surface area contributed by atoms with Gasteiger partial charge in [-0.25, -0.2) is 0 Å². The summed E-state index contributed by atoms with van der Waals surface area (Å²) >= 11 is 0. The maximum Gasteiger partial charge on any atom is 0.0856 e. The summed E-state index contributed by atoms with van der Waals surface area (Å²) in [6.45, 7) is 12.8. The van der Waals surface area contributed by atoms with Crippen molar-refractivity contribution in [1.82, 2.24) is 0 Å². The Labute approximate surface area is 85.8 Å². The Balaban J connectivity index is 0.000000791. The molecule has 0 N–H and O–H groups in total. The molecule has 14 heavy (non-hydrogen) atoms. The van der Waals surface area contributed by atoms with Crippen molar-refractivity contribution in [2.24, 2.45) is 10.2 Å². The van der Waals surface area contributed by atoms with E-state index in [2.05, 4.69) is 23.6 Å². The number of hydrazone groups is 2. The molecule has 0 aliphatic carbocycles. The molecule has 0 saturated carbocycles. The van der Waals surface area contributed by atoms with E-state index in [9.17, 15) is 0 Å². The molecule has 3 heteroatoms. The molecule has 0 unspecified atom stereocenters. The van der Waals surface area contributed by atoms with Gasteiger partial charge in [-0.2, -0.15) is 15.3 Å². The quantitative estimate of drug-likeness (QED) is 0.533. The van der Waals surface area contributed by atoms with Gasteiger partial charge in [0.05, 0.1) is 5.69 Å². The number of hydrogen-bond donors (Lipinski definition) is 0. The van der Waals surface area contributed by atoms with Gasteiger partial charge < -0.3 is 0 Å². The third-order valence-corrected chi connectivity index (χ3v) is 1.53. The summed E-state index contributed by atoms with van der Waals surface area (Å²) < 4.78 is 0. The lowest BCUT2D eigenvalue weighted by molar-refractivity contribution is 0.945. The first kappa shape index (κ1) is 12.4. The van der Waals surface area contributed by atoms with Crippen molar-refractivity contribution in [2.45, 2.75) is 20.8 Å². The second-order valence-electron chi connectivity index (χ2n) is 2.41. The van der Waals surface area contributed by atoms with Gasteiger partial charge in [-0.05, 0) is 19.1 Å². The maximum absolute atomic E-state index is 3.66. The number of rotatable bonds is 3. The van der Waals surface area contributed by atoms with Gasteiger partial charge in [0.25, 0.3) is 0 Å². The lowest BCUT2D eigenvalue weighted by atomic mass is 10.2. The molecule has 0 aromatic heterocycles. The molecule has 0 fully saturated rings. The normalized spacial score (nSPS) is 8.21. The van der Waals surface area contributed by atoms with Crippen molar-refractivity contribution in [3.63, 3.8) is 0 Å². The fourth-order valence-corrected chi connectivity index (χ4v) is 0.886. The van der Waals surface area contributed by atoms with Gasteiger partial charge in [-0.1, -0.05) is 31.5 Å². The van der Waals surface area contributed by atoms with Crippen molar-refractivity contribution in [3.8, 4) is 0 Å². The van der Waals surface area contributed by atoms with Crippen molar-refractivity contribution in [1.29, 1.82) is 0 Å². The molecule has 0 spiro atoms. The summed E-state index contributed by atoms with van der Waals surface area (Å²) in [4.78, 5) is 0. The van der Waals surface area contributed by atoms with E-state index < -0.39 is 0 Å². The zero-order valence-electron chi connectivity index (χ0n) is 9.07. The van der Waals surface area contributed by atoms with Gasteiger partial charge >= 0.3 is 0 Å². The van der Waals surface area contributed by atoms with Gasteiger partial charge in [0.15, 0.2) is 0 Å². The highest BCUT2D eigenvalue weighted by molar-refractivity contribution is 5.49. The predicted molar refractivity (Wildman–Crippen MR) is 64.1 cm³/mol. The second-order valence-corrected chi connectivity index (χ2v) is 2.41. The van der Waals surface area contributed by atoms with Crippen LogP contribution in [0, 0.1) is 6.92 Å². The highest BCUT2D eigenvalue weighted by Crippen LogP contribution is 2.14. The fourth-order valence-electron chi connectivity index (χ4n) is 0.886. The van der Waals surface area contributed by atoms with E-state index in [4.69, 9.17) is 0 Å². The topological polar surface area (TPSA) is 28.0 Å². The third kappa shape index (κ3) is 3.39. The number of nitrogens with zero attached hydrogens (tertiary/aromatic N) is 3. The monoisotopic (exact) mass is 191 g/mol. The van der Waals surface area contributed by atoms with Crippen molar-refractivity contribution >= 4 is 19.1 Å². The van der Waals surface area contributed by atoms with E-state index in [1.165, 1.54) is 10.7 Å². The van der Waals surface area contributed by atoms with Crippen LogP contribution >= 0.6 is 0 Å². The zero-order valence-corrected chi connectivity index (χ0v) is 9.07. The largest absolute Gasteiger partial charge is 0.167 e. The summed E-state index contributed by atoms with van der Waals surface area (Å²) in [5.74, 6) is 0. The highest BCUT2D eigenvalue weighted by atomic mass is 15.6. The van der Waals surface area contributed by atoms with Gasteiger partial charge in [-0.3, -0.25) is 0 Å². The van der Waals surface area contributed by atoms with Gasteiger partial charge in [0, 0.05) is 13.4 Å². The molecule has 76 valence electrons. The lowest BCUT2D eigenvalue weighted by Crippen LogP contribution is -2.05. The van der Waals surface area contributed by atoms with Crippen LogP contribution in [0.1, 0.15) is 19.4 Å². The molecule has 3 nitrogen and oxygen atoms in total. The molecule has 0 aliphatic heterocycles. The second kappa shape index (κ2) is 6.83. The van der Waals surface area contributed by atoms with Crippen molar-refractivity contribution in [3.05, 3.63) is 29.8 Å². The zero-order chi connectivity index (χ0) is 11.0. The predicted octanol–water partition coefficient (Wildman–Crippen LogP) is 3.06. The molecule has 1 aromatic carbocycles. The Morgan fingerprint density at radius 3 is 1.79 bits per heavy atom. The molecule has 0 heterocycles. The first-order valence-electron chi connectivity index (χ1n) is 4.58. The van der Waals surface area contributed by atoms with E-state index >= 15 is 0 Å². The van der Waals surface area contributed by atoms with Crippen LogP contribution in [0.25, 0.3) is 0 Å². The molecular weight excluding hydrogens is 174 g/mol. The Morgan fingerprint density at radius 2 is 1.43 bits per heavy atom. The van der Waals surface area contributed by atoms with Gasteiger partial charge in [-0.15, -0.1) is 0 Å². The molecule has 0 saturated heterocycles. The number of anilines is 1. The average Bonchev–Trinajstić information content (AvgIpc) is 2.25. The Kier molecular flexibility index (Phi) is 6.03. The highest BCUT2D eigenvalue weighted by Gasteiger charge is 1.97. The van der Waals surface area contributed by atoms with Crippen LogP contribution in [-0.4, -0.2) is 13.4 Å². The molecule has 0 bridgehead atoms. The van der Waals surface area contributed by atoms with Crippen LogP contribution in [-0.2, 0) is 0 Å². The van der Waals surface area contributed by atoms with Crippen molar-refractivity contribution in [2.75, 3.05) is 5.12 Å². The SMILES string of the molecule is C=NN(N=C)c1ccc(C)cc1.CC. The van der Waals surface area contributed by atoms with E-state index in [1.807, 2.05) is 45.0 Å². The van der Waals surface area contributed by atoms with Gasteiger partial charge in [0.2, 0.25) is 0 Å². The Hall–Kier alpha value is -1.64. The summed E-state index contributed by atoms with van der Waals surface area (Å²) in [7, 11) is 0. The van der Waals surface area contributed by atoms with E-state index in [0.29, 0.717) is 0 Å². The summed E-state index contributed by atoms with van der Waals surface area (Å²) in [6, 6.07) is 7.80. The standard InChI is InChI=1S/C9H11N3.C2H6/c1-8-4-6-9(7-5-8)12(10-2)11-3;1-2/h4-7H,2-3H2,1H3;1-2H3. The lowest BCUT2D eigenvalue weighted by Gasteiger charge is -2.10. The smallest absolute Gasteiger partial charge is 0.0856 e. The number of hydrogen-bond acceptors (Lipinski definition) is 3. The van der Waals surface area contributed by atoms with Crippen LogP contribution in [0.15, 0.2) is 34.5 Å². The summed E-state index contributed by atoms with van der Waals surface area (Å²) in [5.41, 5.74) is 2.07. The summed E-state index contributed by atoms with van der Waals surface area (Å²) in [5, 5.41) is 8.70. The minimum Gasteiger partial charge on any atom is -0.167 e. The molecule has 0 amide bonds. The van der Waals surface area contributed by atoms with E-state index in [-0.39, 0.29) is 0 Å². The average molecular weight is 191 g/mol. The van der Waals surface area contributed by atoms with Crippen LogP contribution in [0.3, 0.4) is 0 Å². The molecular formula is C11H17N3. The Morgan fingerprint density at radius 1 is 1.00 bits per heavy atom. The van der Waals surface area contributed by atoms with Crippen LogP contribution in [0.2, 0.25) is 0 Å². The molecule has 0 radical (unpaired) electrons. The fraction of sp³-hybridized carbons (Fsp3) is 0.273. The summed E-state index contributed by atoms with van der Waals surface area (Å²) in [6.07, 6.45) is 0. The number of benzene rings is 1. The molecule has 0 atom stereocenters. The maximum atomic E-state index is 3.66. The minimum atomic E-state index is 0.866.